The second kappa shape index (κ2) is 10.1. The van der Waals surface area contributed by atoms with Crippen molar-refractivity contribution in [2.45, 2.75) is 40.5 Å². The quantitative estimate of drug-likeness (QED) is 0.600. The van der Waals surface area contributed by atoms with Crippen molar-refractivity contribution in [3.63, 3.8) is 0 Å². The van der Waals surface area contributed by atoms with Crippen molar-refractivity contribution in [1.29, 1.82) is 0 Å². The third-order valence-corrected chi connectivity index (χ3v) is 2.05. The summed E-state index contributed by atoms with van der Waals surface area (Å²) in [7, 11) is 0. The Balaban J connectivity index is 0. The average Bonchev–Trinajstić information content (AvgIpc) is 2.05. The first-order chi connectivity index (χ1) is 5.74. The first kappa shape index (κ1) is 15.5. The van der Waals surface area contributed by atoms with Gasteiger partial charge in [0.25, 0.3) is 0 Å². The van der Waals surface area contributed by atoms with Crippen molar-refractivity contribution in [2.75, 3.05) is 19.6 Å². The molecule has 0 unspecified atom stereocenters. The zero-order valence-corrected chi connectivity index (χ0v) is 10.3. The smallest absolute Gasteiger partial charge is 0.0189 e. The van der Waals surface area contributed by atoms with Crippen LogP contribution in [-0.4, -0.2) is 24.5 Å². The summed E-state index contributed by atoms with van der Waals surface area (Å²) in [4.78, 5) is 2.52. The minimum atomic E-state index is 0. The van der Waals surface area contributed by atoms with E-state index in [1.54, 1.807) is 0 Å². The van der Waals surface area contributed by atoms with Gasteiger partial charge in [-0.3, -0.25) is 4.90 Å². The Morgan fingerprint density at radius 2 is 1.62 bits per heavy atom. The zero-order chi connectivity index (χ0) is 9.40. The number of hydrogen-bond acceptors (Lipinski definition) is 1. The number of hydrogen-bond donors (Lipinski definition) is 0. The van der Waals surface area contributed by atoms with Crippen molar-refractivity contribution in [3.8, 4) is 0 Å². The van der Waals surface area contributed by atoms with Crippen LogP contribution in [0, 0.1) is 0 Å². The molecule has 0 bridgehead atoms. The van der Waals surface area contributed by atoms with Gasteiger partial charge < -0.3 is 0 Å². The molecule has 0 aromatic rings. The maximum absolute atomic E-state index is 2.52. The van der Waals surface area contributed by atoms with Crippen LogP contribution in [0.5, 0.6) is 0 Å². The molecule has 80 valence electrons. The summed E-state index contributed by atoms with van der Waals surface area (Å²) in [5.41, 5.74) is 1.48. The van der Waals surface area contributed by atoms with Crippen LogP contribution in [0.25, 0.3) is 0 Å². The molecule has 0 aromatic heterocycles. The predicted octanol–water partition coefficient (Wildman–Crippen LogP) is 3.50. The molecule has 0 aliphatic rings. The Hall–Kier alpha value is -0.0100. The van der Waals surface area contributed by atoms with Gasteiger partial charge in [-0.2, -0.15) is 0 Å². The van der Waals surface area contributed by atoms with Gasteiger partial charge >= 0.3 is 0 Å². The van der Waals surface area contributed by atoms with Gasteiger partial charge in [0.15, 0.2) is 0 Å². The molecule has 0 N–H and O–H groups in total. The minimum Gasteiger partial charge on any atom is -0.299 e. The van der Waals surface area contributed by atoms with Crippen molar-refractivity contribution in [3.05, 3.63) is 11.6 Å². The van der Waals surface area contributed by atoms with Gasteiger partial charge in [0.05, 0.1) is 0 Å². The van der Waals surface area contributed by atoms with Gasteiger partial charge in [0.2, 0.25) is 0 Å². The molecule has 2 heteroatoms. The van der Waals surface area contributed by atoms with Crippen molar-refractivity contribution in [1.82, 2.24) is 4.90 Å². The molecule has 0 amide bonds. The molecule has 0 aliphatic carbocycles. The monoisotopic (exact) mass is 205 g/mol. The summed E-state index contributed by atoms with van der Waals surface area (Å²) in [6, 6.07) is 0. The van der Waals surface area contributed by atoms with Gasteiger partial charge in [0.1, 0.15) is 0 Å². The average molecular weight is 206 g/mol. The molecule has 0 saturated carbocycles. The van der Waals surface area contributed by atoms with Gasteiger partial charge in [-0.05, 0) is 39.8 Å². The van der Waals surface area contributed by atoms with Crippen molar-refractivity contribution >= 4 is 12.4 Å². The van der Waals surface area contributed by atoms with Gasteiger partial charge in [-0.25, -0.2) is 0 Å². The molecule has 0 aromatic carbocycles. The fraction of sp³-hybridized carbons (Fsp3) is 0.818. The molecule has 13 heavy (non-hydrogen) atoms. The summed E-state index contributed by atoms with van der Waals surface area (Å²) in [5.74, 6) is 0. The molecule has 0 saturated heterocycles. The van der Waals surface area contributed by atoms with Crippen molar-refractivity contribution in [2.24, 2.45) is 0 Å². The first-order valence-corrected chi connectivity index (χ1v) is 5.08. The third kappa shape index (κ3) is 8.32. The van der Waals surface area contributed by atoms with Gasteiger partial charge in [-0.1, -0.05) is 25.5 Å². The van der Waals surface area contributed by atoms with Crippen LogP contribution in [0.1, 0.15) is 40.5 Å². The molecular formula is C11H24ClN. The maximum atomic E-state index is 2.52. The second-order valence-electron chi connectivity index (χ2n) is 3.41. The van der Waals surface area contributed by atoms with E-state index in [4.69, 9.17) is 0 Å². The highest BCUT2D eigenvalue weighted by Crippen LogP contribution is 2.00. The van der Waals surface area contributed by atoms with Crippen LogP contribution < -0.4 is 0 Å². The summed E-state index contributed by atoms with van der Waals surface area (Å²) < 4.78 is 0. The van der Waals surface area contributed by atoms with Crippen LogP contribution in [0.2, 0.25) is 0 Å². The van der Waals surface area contributed by atoms with E-state index in [0.717, 1.165) is 6.54 Å². The van der Waals surface area contributed by atoms with E-state index in [1.165, 1.54) is 31.5 Å². The standard InChI is InChI=1S/C11H23N.ClH/c1-5-8-12(9-6-2)10-11(4)7-3;/h7H,5-6,8-10H2,1-4H3;1H. The van der Waals surface area contributed by atoms with Crippen LogP contribution in [-0.2, 0) is 0 Å². The molecule has 1 nitrogen and oxygen atoms in total. The number of nitrogens with zero attached hydrogens (tertiary/aromatic N) is 1. The molecule has 0 heterocycles. The highest BCUT2D eigenvalue weighted by molar-refractivity contribution is 5.85. The summed E-state index contributed by atoms with van der Waals surface area (Å²) in [5, 5.41) is 0. The number of halogens is 1. The molecule has 0 rings (SSSR count). The Labute approximate surface area is 89.6 Å². The first-order valence-electron chi connectivity index (χ1n) is 5.08. The maximum Gasteiger partial charge on any atom is 0.0189 e. The summed E-state index contributed by atoms with van der Waals surface area (Å²) in [6.07, 6.45) is 4.73. The molecule has 0 atom stereocenters. The lowest BCUT2D eigenvalue weighted by Crippen LogP contribution is -2.27. The van der Waals surface area contributed by atoms with E-state index in [2.05, 4.69) is 38.7 Å². The van der Waals surface area contributed by atoms with E-state index in [9.17, 15) is 0 Å². The summed E-state index contributed by atoms with van der Waals surface area (Å²) >= 11 is 0. The van der Waals surface area contributed by atoms with E-state index in [-0.39, 0.29) is 12.4 Å². The number of allylic oxidation sites excluding steroid dienone is 1. The van der Waals surface area contributed by atoms with Crippen LogP contribution in [0.4, 0.5) is 0 Å². The lowest BCUT2D eigenvalue weighted by Gasteiger charge is -2.20. The summed E-state index contributed by atoms with van der Waals surface area (Å²) in [6.45, 7) is 12.4. The number of rotatable bonds is 6. The lowest BCUT2D eigenvalue weighted by atomic mass is 10.2. The Bertz CT molecular complexity index is 126. The second-order valence-corrected chi connectivity index (χ2v) is 3.41. The molecule has 0 radical (unpaired) electrons. The molecule has 0 aliphatic heterocycles. The van der Waals surface area contributed by atoms with Crippen LogP contribution in [0.3, 0.4) is 0 Å². The fourth-order valence-electron chi connectivity index (χ4n) is 1.35. The molecule has 0 fully saturated rings. The fourth-order valence-corrected chi connectivity index (χ4v) is 1.35. The zero-order valence-electron chi connectivity index (χ0n) is 9.47. The third-order valence-electron chi connectivity index (χ3n) is 2.05. The van der Waals surface area contributed by atoms with Crippen LogP contribution in [0.15, 0.2) is 11.6 Å². The Kier molecular flexibility index (Phi) is 12.0. The normalized spacial score (nSPS) is 11.6. The molecular weight excluding hydrogens is 182 g/mol. The van der Waals surface area contributed by atoms with E-state index in [0.29, 0.717) is 0 Å². The van der Waals surface area contributed by atoms with E-state index < -0.39 is 0 Å². The lowest BCUT2D eigenvalue weighted by molar-refractivity contribution is 0.297. The van der Waals surface area contributed by atoms with Crippen LogP contribution >= 0.6 is 12.4 Å². The highest BCUT2D eigenvalue weighted by Gasteiger charge is 2.01. The highest BCUT2D eigenvalue weighted by atomic mass is 35.5. The SMILES string of the molecule is CC=C(C)CN(CCC)CCC.Cl. The van der Waals surface area contributed by atoms with E-state index >= 15 is 0 Å². The minimum absolute atomic E-state index is 0. The van der Waals surface area contributed by atoms with Gasteiger partial charge in [0, 0.05) is 6.54 Å². The van der Waals surface area contributed by atoms with Crippen molar-refractivity contribution < 1.29 is 0 Å². The molecule has 0 spiro atoms. The Morgan fingerprint density at radius 1 is 1.15 bits per heavy atom. The largest absolute Gasteiger partial charge is 0.299 e. The Morgan fingerprint density at radius 3 is 1.92 bits per heavy atom. The predicted molar refractivity (Wildman–Crippen MR) is 63.7 cm³/mol. The topological polar surface area (TPSA) is 3.24 Å². The van der Waals surface area contributed by atoms with E-state index in [1.807, 2.05) is 0 Å². The van der Waals surface area contributed by atoms with Gasteiger partial charge in [-0.15, -0.1) is 12.4 Å².